The lowest BCUT2D eigenvalue weighted by Gasteiger charge is -2.32. The topological polar surface area (TPSA) is 68.8 Å². The second-order valence-electron chi connectivity index (χ2n) is 6.76. The Balaban J connectivity index is 0.00000484. The third kappa shape index (κ3) is 7.29. The van der Waals surface area contributed by atoms with Crippen LogP contribution in [0.3, 0.4) is 0 Å². The molecule has 0 unspecified atom stereocenters. The van der Waals surface area contributed by atoms with Gasteiger partial charge in [0, 0.05) is 6.08 Å². The van der Waals surface area contributed by atoms with E-state index in [4.69, 9.17) is 5.11 Å². The van der Waals surface area contributed by atoms with E-state index in [1.165, 1.54) is 36.5 Å². The highest BCUT2D eigenvalue weighted by Gasteiger charge is 2.26. The van der Waals surface area contributed by atoms with Gasteiger partial charge in [-0.1, -0.05) is 55.4 Å². The molecule has 0 atom stereocenters. The summed E-state index contributed by atoms with van der Waals surface area (Å²) in [6.07, 6.45) is 15.0. The Kier molecular flexibility index (Phi) is 8.55. The van der Waals surface area contributed by atoms with Gasteiger partial charge < -0.3 is 10.6 Å². The minimum atomic E-state index is -0.912. The van der Waals surface area contributed by atoms with Gasteiger partial charge in [0.05, 0.1) is 0 Å². The van der Waals surface area contributed by atoms with Gasteiger partial charge in [0.1, 0.15) is 0 Å². The third-order valence-electron chi connectivity index (χ3n) is 4.12. The highest BCUT2D eigenvalue weighted by molar-refractivity contribution is 5.81. The van der Waals surface area contributed by atoms with Gasteiger partial charge in [-0.25, -0.2) is 4.79 Å². The second-order valence-corrected chi connectivity index (χ2v) is 6.76. The first-order valence-corrected chi connectivity index (χ1v) is 7.87. The van der Waals surface area contributed by atoms with E-state index in [9.17, 15) is 4.79 Å². The molecule has 23 heavy (non-hydrogen) atoms. The van der Waals surface area contributed by atoms with Crippen molar-refractivity contribution >= 4 is 5.97 Å². The molecule has 0 aromatic heterocycles. The standard InChI is InChI=1S/C20H28O2.H2O/c1-15(8-6-9-16(2)14-19(21)22)11-12-18-17(3)10-7-13-20(18,4)5;/h6,8-9,11-12,14H,7,10,13H2,1-5H3,(H,21,22);1H2/b9-6+,12-11+,15-8+,16-14+;. The van der Waals surface area contributed by atoms with Crippen LogP contribution in [0.2, 0.25) is 0 Å². The molecule has 0 radical (unpaired) electrons. The maximum Gasteiger partial charge on any atom is 0.328 e. The SMILES string of the molecule is CC1=C(/C=C/C(C)=C/C=C/C(C)=C/C(=O)O)C(C)(C)CCC1.O. The predicted octanol–water partition coefficient (Wildman–Crippen LogP) is 4.78. The molecule has 0 saturated carbocycles. The Labute approximate surface area is 140 Å². The van der Waals surface area contributed by atoms with E-state index in [1.54, 1.807) is 13.0 Å². The van der Waals surface area contributed by atoms with Crippen LogP contribution in [0.4, 0.5) is 0 Å². The Morgan fingerprint density at radius 2 is 1.83 bits per heavy atom. The Morgan fingerprint density at radius 1 is 1.17 bits per heavy atom. The first-order chi connectivity index (χ1) is 10.2. The minimum absolute atomic E-state index is 0. The molecule has 1 aliphatic carbocycles. The highest BCUT2D eigenvalue weighted by Crippen LogP contribution is 2.40. The summed E-state index contributed by atoms with van der Waals surface area (Å²) in [5.74, 6) is -0.912. The normalized spacial score (nSPS) is 19.3. The van der Waals surface area contributed by atoms with Crippen LogP contribution in [0.15, 0.2) is 58.7 Å². The van der Waals surface area contributed by atoms with Crippen LogP contribution >= 0.6 is 0 Å². The van der Waals surface area contributed by atoms with Crippen molar-refractivity contribution in [3.63, 3.8) is 0 Å². The fraction of sp³-hybridized carbons (Fsp3) is 0.450. The number of carboxylic acid groups (broad SMARTS) is 1. The van der Waals surface area contributed by atoms with Gasteiger partial charge in [-0.3, -0.25) is 0 Å². The summed E-state index contributed by atoms with van der Waals surface area (Å²) in [4.78, 5) is 10.5. The van der Waals surface area contributed by atoms with Crippen molar-refractivity contribution in [3.05, 3.63) is 58.7 Å². The number of carbonyl (C=O) groups is 1. The van der Waals surface area contributed by atoms with Crippen LogP contribution in [0, 0.1) is 5.41 Å². The van der Waals surface area contributed by atoms with E-state index in [0.29, 0.717) is 0 Å². The molecule has 3 nitrogen and oxygen atoms in total. The van der Waals surface area contributed by atoms with E-state index >= 15 is 0 Å². The fourth-order valence-electron chi connectivity index (χ4n) is 2.88. The smallest absolute Gasteiger partial charge is 0.328 e. The molecule has 128 valence electrons. The average Bonchev–Trinajstić information content (AvgIpc) is 2.36. The molecular formula is C20H30O3. The molecular weight excluding hydrogens is 288 g/mol. The van der Waals surface area contributed by atoms with Gasteiger partial charge >= 0.3 is 5.97 Å². The molecule has 0 aliphatic heterocycles. The molecule has 0 fully saturated rings. The summed E-state index contributed by atoms with van der Waals surface area (Å²) < 4.78 is 0. The van der Waals surface area contributed by atoms with Gasteiger partial charge in [-0.2, -0.15) is 0 Å². The maximum absolute atomic E-state index is 10.5. The molecule has 0 aromatic rings. The summed E-state index contributed by atoms with van der Waals surface area (Å²) in [6, 6.07) is 0. The molecule has 1 rings (SSSR count). The van der Waals surface area contributed by atoms with Crippen molar-refractivity contribution < 1.29 is 15.4 Å². The number of carboxylic acids is 1. The molecule has 1 aliphatic rings. The van der Waals surface area contributed by atoms with Gasteiger partial charge in [0.2, 0.25) is 0 Å². The molecule has 0 amide bonds. The monoisotopic (exact) mass is 318 g/mol. The van der Waals surface area contributed by atoms with Crippen LogP contribution in [0.5, 0.6) is 0 Å². The lowest BCUT2D eigenvalue weighted by Crippen LogP contribution is -2.19. The Hall–Kier alpha value is -1.87. The summed E-state index contributed by atoms with van der Waals surface area (Å²) in [5.41, 5.74) is 5.09. The number of hydrogen-bond donors (Lipinski definition) is 1. The van der Waals surface area contributed by atoms with Crippen molar-refractivity contribution in [2.75, 3.05) is 0 Å². The number of aliphatic carboxylic acids is 1. The lowest BCUT2D eigenvalue weighted by atomic mass is 9.72. The number of hydrogen-bond acceptors (Lipinski definition) is 1. The van der Waals surface area contributed by atoms with Crippen molar-refractivity contribution in [1.82, 2.24) is 0 Å². The predicted molar refractivity (Wildman–Crippen MR) is 97.4 cm³/mol. The Morgan fingerprint density at radius 3 is 2.39 bits per heavy atom. The van der Waals surface area contributed by atoms with Crippen molar-refractivity contribution in [2.24, 2.45) is 5.41 Å². The van der Waals surface area contributed by atoms with Gasteiger partial charge in [0.15, 0.2) is 0 Å². The van der Waals surface area contributed by atoms with Crippen LogP contribution in [-0.4, -0.2) is 16.6 Å². The lowest BCUT2D eigenvalue weighted by molar-refractivity contribution is -0.131. The molecule has 0 saturated heterocycles. The van der Waals surface area contributed by atoms with E-state index in [1.807, 2.05) is 12.2 Å². The zero-order valence-electron chi connectivity index (χ0n) is 14.9. The van der Waals surface area contributed by atoms with Gasteiger partial charge in [-0.15, -0.1) is 0 Å². The zero-order valence-corrected chi connectivity index (χ0v) is 14.9. The van der Waals surface area contributed by atoms with Crippen LogP contribution in [0.25, 0.3) is 0 Å². The summed E-state index contributed by atoms with van der Waals surface area (Å²) in [5, 5.41) is 8.65. The maximum atomic E-state index is 10.5. The van der Waals surface area contributed by atoms with Gasteiger partial charge in [-0.05, 0) is 56.6 Å². The molecule has 0 spiro atoms. The van der Waals surface area contributed by atoms with E-state index < -0.39 is 5.97 Å². The minimum Gasteiger partial charge on any atom is -0.478 e. The molecule has 3 N–H and O–H groups in total. The molecule has 0 bridgehead atoms. The average molecular weight is 318 g/mol. The van der Waals surface area contributed by atoms with E-state index in [-0.39, 0.29) is 10.9 Å². The van der Waals surface area contributed by atoms with Crippen LogP contribution < -0.4 is 0 Å². The largest absolute Gasteiger partial charge is 0.478 e. The molecule has 3 heteroatoms. The third-order valence-corrected chi connectivity index (χ3v) is 4.12. The fourth-order valence-corrected chi connectivity index (χ4v) is 2.88. The second kappa shape index (κ2) is 9.31. The summed E-state index contributed by atoms with van der Waals surface area (Å²) in [7, 11) is 0. The highest BCUT2D eigenvalue weighted by atomic mass is 16.4. The quantitative estimate of drug-likeness (QED) is 0.585. The molecule has 0 aromatic carbocycles. The number of allylic oxidation sites excluding steroid dienone is 9. The first-order valence-electron chi connectivity index (χ1n) is 7.87. The number of rotatable bonds is 5. The van der Waals surface area contributed by atoms with Crippen LogP contribution in [-0.2, 0) is 4.79 Å². The van der Waals surface area contributed by atoms with Crippen LogP contribution in [0.1, 0.15) is 53.9 Å². The molecule has 0 heterocycles. The van der Waals surface area contributed by atoms with Crippen molar-refractivity contribution in [2.45, 2.75) is 53.9 Å². The summed E-state index contributed by atoms with van der Waals surface area (Å²) in [6.45, 7) is 10.7. The van der Waals surface area contributed by atoms with Gasteiger partial charge in [0.25, 0.3) is 0 Å². The Bertz CT molecular complexity index is 570. The van der Waals surface area contributed by atoms with E-state index in [0.717, 1.165) is 11.1 Å². The van der Waals surface area contributed by atoms with E-state index in [2.05, 4.69) is 39.8 Å². The zero-order chi connectivity index (χ0) is 16.8. The van der Waals surface area contributed by atoms with Crippen molar-refractivity contribution in [1.29, 1.82) is 0 Å². The van der Waals surface area contributed by atoms with Crippen molar-refractivity contribution in [3.8, 4) is 0 Å². The first kappa shape index (κ1) is 21.1. The summed E-state index contributed by atoms with van der Waals surface area (Å²) >= 11 is 0.